The van der Waals surface area contributed by atoms with Gasteiger partial charge in [-0.25, -0.2) is 16.8 Å². The molecule has 0 aromatic heterocycles. The smallest absolute Gasteiger partial charge is 0.152 e. The minimum atomic E-state index is -3.28. The van der Waals surface area contributed by atoms with Gasteiger partial charge in [-0.05, 0) is 0 Å². The summed E-state index contributed by atoms with van der Waals surface area (Å²) in [6, 6.07) is 0. The summed E-state index contributed by atoms with van der Waals surface area (Å²) in [6.07, 6.45) is 0. The number of hydrogen-bond acceptors (Lipinski definition) is 5. The van der Waals surface area contributed by atoms with Crippen molar-refractivity contribution in [3.8, 4) is 0 Å². The Labute approximate surface area is 79.2 Å². The molecule has 0 radical (unpaired) electrons. The first-order valence-corrected chi connectivity index (χ1v) is 7.58. The van der Waals surface area contributed by atoms with E-state index in [-0.39, 0.29) is 29.6 Å². The van der Waals surface area contributed by atoms with Crippen LogP contribution >= 0.6 is 0 Å². The molecule has 0 heterocycles. The largest absolute Gasteiger partial charge is 0.329 e. The molecule has 0 aromatic rings. The van der Waals surface area contributed by atoms with E-state index in [1.807, 2.05) is 0 Å². The molecule has 0 bridgehead atoms. The van der Waals surface area contributed by atoms with Crippen molar-refractivity contribution in [2.75, 3.05) is 29.6 Å². The van der Waals surface area contributed by atoms with Crippen molar-refractivity contribution >= 4 is 19.7 Å². The predicted octanol–water partition coefficient (Wildman–Crippen LogP) is -1.21. The highest BCUT2D eigenvalue weighted by atomic mass is 32.2. The van der Waals surface area contributed by atoms with Gasteiger partial charge in [0.2, 0.25) is 0 Å². The van der Waals surface area contributed by atoms with Gasteiger partial charge in [0.05, 0.1) is 17.3 Å². The molecular formula is C6H15NO4S2. The van der Waals surface area contributed by atoms with E-state index < -0.39 is 19.7 Å². The zero-order valence-corrected chi connectivity index (χ0v) is 9.20. The van der Waals surface area contributed by atoms with Crippen LogP contribution in [0.5, 0.6) is 0 Å². The van der Waals surface area contributed by atoms with Crippen LogP contribution in [0.3, 0.4) is 0 Å². The summed E-state index contributed by atoms with van der Waals surface area (Å²) in [4.78, 5) is 0. The third-order valence-corrected chi connectivity index (χ3v) is 5.22. The molecule has 0 rings (SSSR count). The Morgan fingerprint density at radius 1 is 0.923 bits per heavy atom. The highest BCUT2D eigenvalue weighted by Crippen LogP contribution is 1.95. The minimum absolute atomic E-state index is 0.0227. The van der Waals surface area contributed by atoms with Gasteiger partial charge in [-0.15, -0.1) is 0 Å². The monoisotopic (exact) mass is 229 g/mol. The van der Waals surface area contributed by atoms with E-state index in [1.54, 1.807) is 0 Å². The normalized spacial score (nSPS) is 13.1. The Kier molecular flexibility index (Phi) is 4.87. The second-order valence-corrected chi connectivity index (χ2v) is 7.45. The topological polar surface area (TPSA) is 94.3 Å². The second kappa shape index (κ2) is 4.92. The van der Waals surface area contributed by atoms with E-state index in [0.29, 0.717) is 0 Å². The lowest BCUT2D eigenvalue weighted by atomic mass is 10.8. The third-order valence-electron chi connectivity index (χ3n) is 1.57. The van der Waals surface area contributed by atoms with Crippen molar-refractivity contribution in [3.63, 3.8) is 0 Å². The van der Waals surface area contributed by atoms with Crippen LogP contribution in [0.25, 0.3) is 0 Å². The van der Waals surface area contributed by atoms with Gasteiger partial charge in [0.1, 0.15) is 0 Å². The van der Waals surface area contributed by atoms with Gasteiger partial charge in [0.15, 0.2) is 19.7 Å². The molecule has 5 nitrogen and oxygen atoms in total. The van der Waals surface area contributed by atoms with Crippen molar-refractivity contribution < 1.29 is 16.8 Å². The lowest BCUT2D eigenvalue weighted by molar-refractivity contribution is 0.588. The second-order valence-electron chi connectivity index (χ2n) is 2.68. The maximum absolute atomic E-state index is 11.0. The summed E-state index contributed by atoms with van der Waals surface area (Å²) in [6.45, 7) is 1.53. The minimum Gasteiger partial charge on any atom is -0.329 e. The first kappa shape index (κ1) is 12.9. The number of rotatable bonds is 6. The van der Waals surface area contributed by atoms with Gasteiger partial charge in [-0.1, -0.05) is 6.92 Å². The van der Waals surface area contributed by atoms with E-state index in [4.69, 9.17) is 5.73 Å². The fourth-order valence-corrected chi connectivity index (χ4v) is 3.56. The van der Waals surface area contributed by atoms with Crippen molar-refractivity contribution in [2.45, 2.75) is 6.92 Å². The average molecular weight is 229 g/mol. The van der Waals surface area contributed by atoms with E-state index in [0.717, 1.165) is 0 Å². The number of hydrogen-bond donors (Lipinski definition) is 1. The Morgan fingerprint density at radius 2 is 1.38 bits per heavy atom. The van der Waals surface area contributed by atoms with Crippen LogP contribution in [0.2, 0.25) is 0 Å². The molecule has 0 aliphatic heterocycles. The summed E-state index contributed by atoms with van der Waals surface area (Å²) < 4.78 is 44.0. The molecule has 0 aliphatic carbocycles. The molecule has 80 valence electrons. The third kappa shape index (κ3) is 6.00. The summed E-state index contributed by atoms with van der Waals surface area (Å²) >= 11 is 0. The van der Waals surface area contributed by atoms with Gasteiger partial charge >= 0.3 is 0 Å². The van der Waals surface area contributed by atoms with Crippen LogP contribution < -0.4 is 5.73 Å². The molecule has 2 N–H and O–H groups in total. The lowest BCUT2D eigenvalue weighted by Crippen LogP contribution is -2.24. The van der Waals surface area contributed by atoms with Crippen molar-refractivity contribution in [2.24, 2.45) is 5.73 Å². The van der Waals surface area contributed by atoms with Crippen LogP contribution in [0, 0.1) is 0 Å². The first-order valence-electron chi connectivity index (χ1n) is 3.94. The fourth-order valence-electron chi connectivity index (χ4n) is 0.680. The van der Waals surface area contributed by atoms with E-state index in [1.165, 1.54) is 6.92 Å². The summed E-state index contributed by atoms with van der Waals surface area (Å²) in [5.41, 5.74) is 5.06. The zero-order chi connectivity index (χ0) is 10.5. The van der Waals surface area contributed by atoms with Crippen LogP contribution in [-0.4, -0.2) is 46.4 Å². The van der Waals surface area contributed by atoms with Crippen LogP contribution in [0.1, 0.15) is 6.92 Å². The molecule has 0 aromatic carbocycles. The highest BCUT2D eigenvalue weighted by Gasteiger charge is 2.15. The summed E-state index contributed by atoms with van der Waals surface area (Å²) in [5.74, 6) is -0.788. The number of nitrogens with two attached hydrogens (primary N) is 1. The predicted molar refractivity (Wildman–Crippen MR) is 52.0 cm³/mol. The molecule has 0 spiro atoms. The molecule has 0 atom stereocenters. The van der Waals surface area contributed by atoms with E-state index in [2.05, 4.69) is 0 Å². The Balaban J connectivity index is 4.19. The average Bonchev–Trinajstić information content (AvgIpc) is 2.02. The quantitative estimate of drug-likeness (QED) is 0.617. The van der Waals surface area contributed by atoms with Gasteiger partial charge in [0, 0.05) is 12.3 Å². The van der Waals surface area contributed by atoms with Crippen LogP contribution in [-0.2, 0) is 19.7 Å². The molecule has 0 saturated carbocycles. The first-order chi connectivity index (χ1) is 5.83. The van der Waals surface area contributed by atoms with Gasteiger partial charge in [-0.3, -0.25) is 0 Å². The number of sulfone groups is 2. The van der Waals surface area contributed by atoms with Gasteiger partial charge in [0.25, 0.3) is 0 Å². The molecule has 0 saturated heterocycles. The maximum atomic E-state index is 11.0. The Bertz CT molecular complexity index is 330. The molecular weight excluding hydrogens is 214 g/mol. The fraction of sp³-hybridized carbons (Fsp3) is 1.00. The van der Waals surface area contributed by atoms with Gasteiger partial charge in [-0.2, -0.15) is 0 Å². The molecule has 0 amide bonds. The standard InChI is InChI=1S/C6H15NO4S2/c1-2-12(8,9)5-6-13(10,11)4-3-7/h2-7H2,1H3. The molecule has 13 heavy (non-hydrogen) atoms. The van der Waals surface area contributed by atoms with Crippen LogP contribution in [0.15, 0.2) is 0 Å². The van der Waals surface area contributed by atoms with Crippen molar-refractivity contribution in [3.05, 3.63) is 0 Å². The Hall–Kier alpha value is -0.140. The molecule has 0 fully saturated rings. The SMILES string of the molecule is CCS(=O)(=O)CCS(=O)(=O)CCN. The van der Waals surface area contributed by atoms with Crippen molar-refractivity contribution in [1.82, 2.24) is 0 Å². The maximum Gasteiger partial charge on any atom is 0.152 e. The molecule has 0 aliphatic rings. The van der Waals surface area contributed by atoms with Gasteiger partial charge < -0.3 is 5.73 Å². The molecule has 7 heteroatoms. The van der Waals surface area contributed by atoms with E-state index >= 15 is 0 Å². The van der Waals surface area contributed by atoms with E-state index in [9.17, 15) is 16.8 Å². The summed E-state index contributed by atoms with van der Waals surface area (Å²) in [7, 11) is -6.47. The summed E-state index contributed by atoms with van der Waals surface area (Å²) in [5, 5.41) is 0. The zero-order valence-electron chi connectivity index (χ0n) is 7.56. The highest BCUT2D eigenvalue weighted by molar-refractivity contribution is 7.95. The lowest BCUT2D eigenvalue weighted by Gasteiger charge is -2.02. The van der Waals surface area contributed by atoms with Crippen LogP contribution in [0.4, 0.5) is 0 Å². The molecule has 0 unspecified atom stereocenters. The van der Waals surface area contributed by atoms with Crippen molar-refractivity contribution in [1.29, 1.82) is 0 Å². The Morgan fingerprint density at radius 3 is 1.77 bits per heavy atom.